The highest BCUT2D eigenvalue weighted by Crippen LogP contribution is 2.29. The molecule has 0 spiro atoms. The standard InChI is InChI=1S/C15H20N4O2/c16-15(21)18-6-2-4-12(8-18)14(20)19-9-13(10-19)11-3-1-5-17-7-11/h1,3,5,7,12-13H,2,4,6,8-10H2,(H2,16,21). The van der Waals surface area contributed by atoms with Crippen LogP contribution in [0, 0.1) is 5.92 Å². The summed E-state index contributed by atoms with van der Waals surface area (Å²) < 4.78 is 0. The molecule has 2 saturated heterocycles. The Kier molecular flexibility index (Phi) is 3.77. The lowest BCUT2D eigenvalue weighted by atomic mass is 9.89. The van der Waals surface area contributed by atoms with Gasteiger partial charge < -0.3 is 15.5 Å². The maximum Gasteiger partial charge on any atom is 0.314 e. The molecule has 0 bridgehead atoms. The number of nitrogens with two attached hydrogens (primary N) is 1. The molecule has 2 N–H and O–H groups in total. The Labute approximate surface area is 123 Å². The van der Waals surface area contributed by atoms with Gasteiger partial charge in [-0.25, -0.2) is 4.79 Å². The zero-order valence-corrected chi connectivity index (χ0v) is 11.9. The van der Waals surface area contributed by atoms with Crippen molar-refractivity contribution in [1.82, 2.24) is 14.8 Å². The second-order valence-electron chi connectivity index (χ2n) is 5.85. The largest absolute Gasteiger partial charge is 0.351 e. The van der Waals surface area contributed by atoms with Crippen molar-refractivity contribution in [3.05, 3.63) is 30.1 Å². The Bertz CT molecular complexity index is 528. The summed E-state index contributed by atoms with van der Waals surface area (Å²) in [7, 11) is 0. The summed E-state index contributed by atoms with van der Waals surface area (Å²) in [5, 5.41) is 0. The van der Waals surface area contributed by atoms with E-state index in [0.717, 1.165) is 25.9 Å². The van der Waals surface area contributed by atoms with Crippen LogP contribution in [0.1, 0.15) is 24.3 Å². The Morgan fingerprint density at radius 2 is 2.05 bits per heavy atom. The number of carbonyl (C=O) groups excluding carboxylic acids is 2. The molecule has 0 aromatic carbocycles. The van der Waals surface area contributed by atoms with Crippen LogP contribution in [-0.2, 0) is 4.79 Å². The molecule has 6 heteroatoms. The number of aromatic nitrogens is 1. The van der Waals surface area contributed by atoms with Crippen LogP contribution in [0.3, 0.4) is 0 Å². The minimum Gasteiger partial charge on any atom is -0.351 e. The van der Waals surface area contributed by atoms with Crippen LogP contribution in [-0.4, -0.2) is 52.9 Å². The summed E-state index contributed by atoms with van der Waals surface area (Å²) in [5.74, 6) is 0.445. The maximum absolute atomic E-state index is 12.5. The van der Waals surface area contributed by atoms with E-state index in [4.69, 9.17) is 5.73 Å². The molecule has 3 heterocycles. The highest BCUT2D eigenvalue weighted by molar-refractivity contribution is 5.81. The van der Waals surface area contributed by atoms with Gasteiger partial charge in [0.1, 0.15) is 0 Å². The highest BCUT2D eigenvalue weighted by Gasteiger charge is 2.37. The van der Waals surface area contributed by atoms with Crippen molar-refractivity contribution < 1.29 is 9.59 Å². The van der Waals surface area contributed by atoms with Gasteiger partial charge in [0.15, 0.2) is 0 Å². The molecular formula is C15H20N4O2. The Morgan fingerprint density at radius 1 is 1.24 bits per heavy atom. The van der Waals surface area contributed by atoms with Crippen LogP contribution >= 0.6 is 0 Å². The molecule has 0 radical (unpaired) electrons. The zero-order valence-electron chi connectivity index (χ0n) is 11.9. The van der Waals surface area contributed by atoms with Gasteiger partial charge in [-0.05, 0) is 24.5 Å². The number of hydrogen-bond acceptors (Lipinski definition) is 3. The van der Waals surface area contributed by atoms with Gasteiger partial charge in [-0.15, -0.1) is 0 Å². The summed E-state index contributed by atoms with van der Waals surface area (Å²) in [5.41, 5.74) is 6.49. The van der Waals surface area contributed by atoms with Gasteiger partial charge in [-0.2, -0.15) is 0 Å². The van der Waals surface area contributed by atoms with Crippen LogP contribution in [0.5, 0.6) is 0 Å². The molecule has 2 aliphatic rings. The third-order valence-electron chi connectivity index (χ3n) is 4.43. The second kappa shape index (κ2) is 5.71. The first kappa shape index (κ1) is 13.9. The molecule has 0 saturated carbocycles. The van der Waals surface area contributed by atoms with Crippen molar-refractivity contribution in [1.29, 1.82) is 0 Å². The number of likely N-dealkylation sites (tertiary alicyclic amines) is 2. The van der Waals surface area contributed by atoms with Gasteiger partial charge in [0.2, 0.25) is 5.91 Å². The summed E-state index contributed by atoms with van der Waals surface area (Å²) in [6.45, 7) is 2.62. The number of pyridine rings is 1. The monoisotopic (exact) mass is 288 g/mol. The average molecular weight is 288 g/mol. The topological polar surface area (TPSA) is 79.5 Å². The number of rotatable bonds is 2. The summed E-state index contributed by atoms with van der Waals surface area (Å²) in [4.78, 5) is 31.3. The molecular weight excluding hydrogens is 268 g/mol. The molecule has 1 aromatic heterocycles. The first-order chi connectivity index (χ1) is 10.1. The molecule has 21 heavy (non-hydrogen) atoms. The summed E-state index contributed by atoms with van der Waals surface area (Å²) >= 11 is 0. The fraction of sp³-hybridized carbons (Fsp3) is 0.533. The number of piperidine rings is 1. The molecule has 2 aliphatic heterocycles. The first-order valence-corrected chi connectivity index (χ1v) is 7.38. The lowest BCUT2D eigenvalue weighted by molar-refractivity contribution is -0.141. The molecule has 2 fully saturated rings. The van der Waals surface area contributed by atoms with E-state index < -0.39 is 6.03 Å². The lowest BCUT2D eigenvalue weighted by Crippen LogP contribution is -2.54. The lowest BCUT2D eigenvalue weighted by Gasteiger charge is -2.42. The van der Waals surface area contributed by atoms with Crippen molar-refractivity contribution in [2.24, 2.45) is 11.7 Å². The van der Waals surface area contributed by atoms with Crippen molar-refractivity contribution in [3.63, 3.8) is 0 Å². The SMILES string of the molecule is NC(=O)N1CCCC(C(=O)N2CC(c3cccnc3)C2)C1. The summed E-state index contributed by atoms with van der Waals surface area (Å²) in [6.07, 6.45) is 5.31. The minimum absolute atomic E-state index is 0.0962. The second-order valence-corrected chi connectivity index (χ2v) is 5.85. The Morgan fingerprint density at radius 3 is 2.71 bits per heavy atom. The van der Waals surface area contributed by atoms with Crippen molar-refractivity contribution >= 4 is 11.9 Å². The van der Waals surface area contributed by atoms with Gasteiger partial charge in [-0.3, -0.25) is 9.78 Å². The fourth-order valence-corrected chi connectivity index (χ4v) is 3.12. The highest BCUT2D eigenvalue weighted by atomic mass is 16.2. The molecule has 6 nitrogen and oxygen atoms in total. The van der Waals surface area contributed by atoms with Crippen molar-refractivity contribution in [2.75, 3.05) is 26.2 Å². The zero-order chi connectivity index (χ0) is 14.8. The van der Waals surface area contributed by atoms with Crippen LogP contribution < -0.4 is 5.73 Å². The number of nitrogens with zero attached hydrogens (tertiary/aromatic N) is 3. The number of amides is 3. The normalized spacial score (nSPS) is 22.8. The van der Waals surface area contributed by atoms with Crippen LogP contribution in [0.4, 0.5) is 4.79 Å². The van der Waals surface area contributed by atoms with E-state index in [1.807, 2.05) is 17.2 Å². The van der Waals surface area contributed by atoms with E-state index in [2.05, 4.69) is 11.1 Å². The van der Waals surface area contributed by atoms with Gasteiger partial charge in [0.05, 0.1) is 5.92 Å². The number of carbonyl (C=O) groups is 2. The Hall–Kier alpha value is -2.11. The third kappa shape index (κ3) is 2.84. The van der Waals surface area contributed by atoms with Gasteiger partial charge in [0, 0.05) is 44.5 Å². The molecule has 1 atom stereocenters. The quantitative estimate of drug-likeness (QED) is 0.874. The van der Waals surface area contributed by atoms with E-state index in [1.54, 1.807) is 11.1 Å². The molecule has 1 aromatic rings. The van der Waals surface area contributed by atoms with Gasteiger partial charge in [-0.1, -0.05) is 6.07 Å². The molecule has 3 rings (SSSR count). The van der Waals surface area contributed by atoms with Gasteiger partial charge in [0.25, 0.3) is 0 Å². The number of primary amides is 1. The molecule has 112 valence electrons. The smallest absolute Gasteiger partial charge is 0.314 e. The van der Waals surface area contributed by atoms with Crippen LogP contribution in [0.2, 0.25) is 0 Å². The van der Waals surface area contributed by atoms with Crippen LogP contribution in [0.25, 0.3) is 0 Å². The number of urea groups is 1. The van der Waals surface area contributed by atoms with Crippen LogP contribution in [0.15, 0.2) is 24.5 Å². The van der Waals surface area contributed by atoms with E-state index >= 15 is 0 Å². The number of hydrogen-bond donors (Lipinski definition) is 1. The maximum atomic E-state index is 12.5. The molecule has 0 aliphatic carbocycles. The minimum atomic E-state index is -0.427. The summed E-state index contributed by atoms with van der Waals surface area (Å²) in [6, 6.07) is 3.55. The van der Waals surface area contributed by atoms with E-state index in [9.17, 15) is 9.59 Å². The third-order valence-corrected chi connectivity index (χ3v) is 4.43. The van der Waals surface area contributed by atoms with Crippen molar-refractivity contribution in [2.45, 2.75) is 18.8 Å². The van der Waals surface area contributed by atoms with Crippen molar-refractivity contribution in [3.8, 4) is 0 Å². The predicted molar refractivity (Wildman–Crippen MR) is 77.4 cm³/mol. The first-order valence-electron chi connectivity index (χ1n) is 7.38. The fourth-order valence-electron chi connectivity index (χ4n) is 3.12. The predicted octanol–water partition coefficient (Wildman–Crippen LogP) is 0.798. The molecule has 1 unspecified atom stereocenters. The van der Waals surface area contributed by atoms with E-state index in [-0.39, 0.29) is 11.8 Å². The van der Waals surface area contributed by atoms with Gasteiger partial charge >= 0.3 is 6.03 Å². The Balaban J connectivity index is 1.54. The average Bonchev–Trinajstić information content (AvgIpc) is 2.47. The molecule has 3 amide bonds. The van der Waals surface area contributed by atoms with E-state index in [1.165, 1.54) is 5.56 Å². The van der Waals surface area contributed by atoms with E-state index in [0.29, 0.717) is 19.0 Å².